The normalized spacial score (nSPS) is 22.6. The molecule has 8 heteroatoms. The number of likely N-dealkylation sites (tertiary alicyclic amines) is 1. The second-order valence-corrected chi connectivity index (χ2v) is 12.6. The Kier molecular flexibility index (Phi) is 8.84. The van der Waals surface area contributed by atoms with Crippen LogP contribution >= 0.6 is 0 Å². The van der Waals surface area contributed by atoms with Crippen LogP contribution < -0.4 is 9.88 Å². The lowest BCUT2D eigenvalue weighted by Gasteiger charge is -2.40. The second-order valence-electron chi connectivity index (χ2n) is 10.9. The summed E-state index contributed by atoms with van der Waals surface area (Å²) < 4.78 is 29.3. The summed E-state index contributed by atoms with van der Waals surface area (Å²) in [6, 6.07) is 4.29. The molecule has 0 saturated carbocycles. The number of benzene rings is 1. The van der Waals surface area contributed by atoms with Crippen molar-refractivity contribution in [3.63, 3.8) is 0 Å². The van der Waals surface area contributed by atoms with E-state index in [4.69, 9.17) is 19.3 Å². The first kappa shape index (κ1) is 27.8. The third-order valence-electron chi connectivity index (χ3n) is 7.34. The van der Waals surface area contributed by atoms with Crippen molar-refractivity contribution in [2.45, 2.75) is 83.4 Å². The zero-order valence-electron chi connectivity index (χ0n) is 22.1. The van der Waals surface area contributed by atoms with Crippen LogP contribution in [0.25, 0.3) is 0 Å². The predicted octanol–water partition coefficient (Wildman–Crippen LogP) is 4.13. The Balaban J connectivity index is 1.84. The van der Waals surface area contributed by atoms with E-state index in [2.05, 4.69) is 32.6 Å². The molecule has 2 N–H and O–H groups in total. The van der Waals surface area contributed by atoms with Crippen LogP contribution in [-0.4, -0.2) is 58.0 Å². The van der Waals surface area contributed by atoms with Crippen molar-refractivity contribution >= 4 is 16.9 Å². The smallest absolute Gasteiger partial charge is 0.254 e. The van der Waals surface area contributed by atoms with Crippen LogP contribution in [0.5, 0.6) is 5.75 Å². The van der Waals surface area contributed by atoms with Crippen molar-refractivity contribution in [3.8, 4) is 5.75 Å². The molecule has 1 amide bonds. The third-order valence-corrected chi connectivity index (χ3v) is 8.60. The molecule has 0 aliphatic carbocycles. The number of carbonyl (C=O) groups excluding carboxylic acids is 1. The van der Waals surface area contributed by atoms with Gasteiger partial charge in [0.2, 0.25) is 0 Å². The van der Waals surface area contributed by atoms with Gasteiger partial charge in [-0.1, -0.05) is 18.7 Å². The molecule has 1 aromatic carbocycles. The highest BCUT2D eigenvalue weighted by Gasteiger charge is 2.41. The molecular formula is C27H42N2O5S. The topological polar surface area (TPSA) is 91.1 Å². The highest BCUT2D eigenvalue weighted by Crippen LogP contribution is 2.44. The molecule has 0 spiro atoms. The summed E-state index contributed by atoms with van der Waals surface area (Å²) in [6.45, 7) is 17.6. The Morgan fingerprint density at radius 3 is 2.49 bits per heavy atom. The Hall–Kier alpha value is -1.74. The summed E-state index contributed by atoms with van der Waals surface area (Å²) in [6.07, 6.45) is 3.54. The van der Waals surface area contributed by atoms with Crippen LogP contribution in [0.3, 0.4) is 0 Å². The van der Waals surface area contributed by atoms with Gasteiger partial charge >= 0.3 is 0 Å². The number of nitrogens with two attached hydrogens (primary N) is 1. The molecule has 1 aromatic rings. The predicted molar refractivity (Wildman–Crippen MR) is 140 cm³/mol. The van der Waals surface area contributed by atoms with Crippen LogP contribution in [0.4, 0.5) is 0 Å². The van der Waals surface area contributed by atoms with Gasteiger partial charge in [-0.2, -0.15) is 0 Å². The molecule has 3 rings (SSSR count). The lowest BCUT2D eigenvalue weighted by molar-refractivity contribution is -0.161. The van der Waals surface area contributed by atoms with Gasteiger partial charge in [0.05, 0.1) is 22.3 Å². The van der Waals surface area contributed by atoms with E-state index in [0.29, 0.717) is 32.0 Å². The van der Waals surface area contributed by atoms with Gasteiger partial charge in [0.1, 0.15) is 12.4 Å². The van der Waals surface area contributed by atoms with Gasteiger partial charge < -0.3 is 19.1 Å². The lowest BCUT2D eigenvalue weighted by Crippen LogP contribution is -2.46. The van der Waals surface area contributed by atoms with Crippen LogP contribution in [0, 0.1) is 19.8 Å². The Morgan fingerprint density at radius 2 is 1.94 bits per heavy atom. The summed E-state index contributed by atoms with van der Waals surface area (Å²) in [5.41, 5.74) is 3.47. The molecule has 2 aliphatic rings. The van der Waals surface area contributed by atoms with Crippen LogP contribution in [0.2, 0.25) is 0 Å². The maximum atomic E-state index is 13.0. The molecule has 2 saturated heterocycles. The van der Waals surface area contributed by atoms with Gasteiger partial charge in [0.25, 0.3) is 5.91 Å². The first-order chi connectivity index (χ1) is 16.3. The molecule has 1 unspecified atom stereocenters. The van der Waals surface area contributed by atoms with Gasteiger partial charge in [-0.25, -0.2) is 4.21 Å². The summed E-state index contributed by atoms with van der Waals surface area (Å²) in [4.78, 5) is 14.9. The second kappa shape index (κ2) is 11.1. The molecule has 196 valence electrons. The number of piperidine rings is 1. The van der Waals surface area contributed by atoms with Gasteiger partial charge in [0, 0.05) is 13.1 Å². The largest absolute Gasteiger partial charge is 0.489 e. The highest BCUT2D eigenvalue weighted by molar-refractivity contribution is 7.84. The van der Waals surface area contributed by atoms with Crippen molar-refractivity contribution < 1.29 is 23.2 Å². The minimum Gasteiger partial charge on any atom is -0.489 e. The Morgan fingerprint density at radius 1 is 1.31 bits per heavy atom. The van der Waals surface area contributed by atoms with Gasteiger partial charge in [-0.15, -0.1) is 0 Å². The molecule has 2 fully saturated rings. The summed E-state index contributed by atoms with van der Waals surface area (Å²) in [5, 5.41) is 5.90. The fourth-order valence-electron chi connectivity index (χ4n) is 5.05. The number of hydrogen-bond donors (Lipinski definition) is 1. The number of aryl methyl sites for hydroxylation is 2. The van der Waals surface area contributed by atoms with Crippen LogP contribution in [0.15, 0.2) is 24.8 Å². The molecular weight excluding hydrogens is 464 g/mol. The number of hydrogen-bond acceptors (Lipinski definition) is 5. The van der Waals surface area contributed by atoms with E-state index >= 15 is 0 Å². The molecule has 2 heterocycles. The number of nitrogens with zero attached hydrogens (tertiary/aromatic N) is 1. The zero-order chi connectivity index (χ0) is 26.0. The van der Waals surface area contributed by atoms with Crippen LogP contribution in [-0.2, 0) is 25.3 Å². The Bertz CT molecular complexity index is 953. The fourth-order valence-corrected chi connectivity index (χ4v) is 5.40. The van der Waals surface area contributed by atoms with E-state index in [-0.39, 0.29) is 18.4 Å². The monoisotopic (exact) mass is 506 g/mol. The van der Waals surface area contributed by atoms with Crippen molar-refractivity contribution in [3.05, 3.63) is 41.5 Å². The SMILES string of the molecule is C=CCOc1cc(C)c(C)cc1[C@H](CC(C)(C)S(N)=O)C1CCN(C(=O)[C@H]2COC(C)(C)O2)CC1. The van der Waals surface area contributed by atoms with Gasteiger partial charge in [-0.3, -0.25) is 9.93 Å². The number of carbonyl (C=O) groups is 1. The van der Waals surface area contributed by atoms with E-state index in [1.54, 1.807) is 6.08 Å². The van der Waals surface area contributed by atoms with E-state index < -0.39 is 27.6 Å². The molecule has 2 aliphatic heterocycles. The summed E-state index contributed by atoms with van der Waals surface area (Å²) in [5.74, 6) is 0.508. The first-order valence-corrected chi connectivity index (χ1v) is 13.7. The average Bonchev–Trinajstić information content (AvgIpc) is 3.17. The Labute approximate surface area is 213 Å². The zero-order valence-corrected chi connectivity index (χ0v) is 22.9. The number of rotatable bonds is 9. The molecule has 0 aromatic heterocycles. The summed E-state index contributed by atoms with van der Waals surface area (Å²) >= 11 is 0. The maximum Gasteiger partial charge on any atom is 0.254 e. The maximum absolute atomic E-state index is 13.0. The lowest BCUT2D eigenvalue weighted by atomic mass is 9.75. The molecule has 35 heavy (non-hydrogen) atoms. The molecule has 0 radical (unpaired) electrons. The summed E-state index contributed by atoms with van der Waals surface area (Å²) in [7, 11) is -1.47. The van der Waals surface area contributed by atoms with Gasteiger partial charge in [-0.05, 0) is 95.4 Å². The van der Waals surface area contributed by atoms with E-state index in [1.165, 1.54) is 5.56 Å². The highest BCUT2D eigenvalue weighted by atomic mass is 32.2. The van der Waals surface area contributed by atoms with Crippen LogP contribution in [0.1, 0.15) is 69.6 Å². The molecule has 7 nitrogen and oxygen atoms in total. The standard InChI is InChI=1S/C27H42N2O5S/c1-8-13-32-23-15-19(3)18(2)14-21(23)22(16-26(4,5)35(28)31)20-9-11-29(12-10-20)25(30)24-17-33-27(6,7)34-24/h8,14-15,20,22,24H,1,9-13,16-17,28H2,2-7H3/t22-,24-,35?/m1/s1. The van der Waals surface area contributed by atoms with Crippen molar-refractivity contribution in [2.24, 2.45) is 11.1 Å². The van der Waals surface area contributed by atoms with E-state index in [1.807, 2.05) is 32.6 Å². The molecule has 3 atom stereocenters. The minimum atomic E-state index is -1.47. The molecule has 0 bridgehead atoms. The number of ether oxygens (including phenoxy) is 3. The fraction of sp³-hybridized carbons (Fsp3) is 0.667. The van der Waals surface area contributed by atoms with Crippen molar-refractivity contribution in [1.29, 1.82) is 0 Å². The third kappa shape index (κ3) is 6.73. The van der Waals surface area contributed by atoms with E-state index in [0.717, 1.165) is 29.7 Å². The quantitative estimate of drug-likeness (QED) is 0.509. The van der Waals surface area contributed by atoms with Crippen molar-refractivity contribution in [2.75, 3.05) is 26.3 Å². The van der Waals surface area contributed by atoms with Gasteiger partial charge in [0.15, 0.2) is 11.9 Å². The van der Waals surface area contributed by atoms with Crippen molar-refractivity contribution in [1.82, 2.24) is 4.90 Å². The minimum absolute atomic E-state index is 0.00449. The van der Waals surface area contributed by atoms with E-state index in [9.17, 15) is 9.00 Å². The number of amides is 1. The average molecular weight is 507 g/mol. The first-order valence-electron chi connectivity index (χ1n) is 12.5.